The summed E-state index contributed by atoms with van der Waals surface area (Å²) in [6.07, 6.45) is 1.52. The smallest absolute Gasteiger partial charge is 0.373 e. The largest absolute Gasteiger partial charge is 0.484 e. The predicted octanol–water partition coefficient (Wildman–Crippen LogP) is 3.49. The van der Waals surface area contributed by atoms with Crippen molar-refractivity contribution in [3.63, 3.8) is 0 Å². The van der Waals surface area contributed by atoms with Gasteiger partial charge in [0.25, 0.3) is 11.8 Å². The molecule has 2 aromatic carbocycles. The van der Waals surface area contributed by atoms with Crippen molar-refractivity contribution in [3.8, 4) is 5.75 Å². The van der Waals surface area contributed by atoms with Gasteiger partial charge in [-0.3, -0.25) is 14.5 Å². The minimum atomic E-state index is -0.654. The molecular formula is C26H23N3O7. The van der Waals surface area contributed by atoms with Gasteiger partial charge in [0.15, 0.2) is 6.61 Å². The van der Waals surface area contributed by atoms with E-state index in [2.05, 4.69) is 15.4 Å². The van der Waals surface area contributed by atoms with Crippen LogP contribution in [0.5, 0.6) is 5.75 Å². The number of rotatable bonds is 8. The molecule has 1 saturated heterocycles. The van der Waals surface area contributed by atoms with Crippen molar-refractivity contribution in [2.75, 3.05) is 19.0 Å². The Morgan fingerprint density at radius 2 is 1.75 bits per heavy atom. The molecule has 0 atom stereocenters. The molecule has 184 valence electrons. The van der Waals surface area contributed by atoms with Crippen LogP contribution in [0.3, 0.4) is 0 Å². The van der Waals surface area contributed by atoms with Gasteiger partial charge in [-0.15, -0.1) is 0 Å². The highest BCUT2D eigenvalue weighted by molar-refractivity contribution is 6.13. The minimum absolute atomic E-state index is 0.0229. The summed E-state index contributed by atoms with van der Waals surface area (Å²) in [6, 6.07) is 16.4. The van der Waals surface area contributed by atoms with Crippen molar-refractivity contribution in [2.45, 2.75) is 13.5 Å². The number of carbonyl (C=O) groups is 4. The molecular weight excluding hydrogens is 466 g/mol. The first-order valence-corrected chi connectivity index (χ1v) is 10.9. The summed E-state index contributed by atoms with van der Waals surface area (Å²) in [5.41, 5.74) is 2.51. The first kappa shape index (κ1) is 24.3. The van der Waals surface area contributed by atoms with Crippen molar-refractivity contribution in [3.05, 3.63) is 89.0 Å². The van der Waals surface area contributed by atoms with E-state index in [9.17, 15) is 19.2 Å². The van der Waals surface area contributed by atoms with E-state index in [0.29, 0.717) is 17.0 Å². The molecule has 3 aromatic rings. The highest BCUT2D eigenvalue weighted by atomic mass is 16.5. The van der Waals surface area contributed by atoms with E-state index >= 15 is 0 Å². The number of imide groups is 1. The number of ether oxygens (including phenoxy) is 2. The number of esters is 1. The van der Waals surface area contributed by atoms with Crippen LogP contribution in [-0.4, -0.2) is 42.4 Å². The van der Waals surface area contributed by atoms with E-state index in [1.54, 1.807) is 24.3 Å². The SMILES string of the molecule is COC(=O)c1ccc(CN2C(=O)NC(=Cc3ccc(OCC(=O)Nc4ccc(C)cc4)cc3)C2=O)o1. The molecule has 1 fully saturated rings. The summed E-state index contributed by atoms with van der Waals surface area (Å²) in [6.45, 7) is 1.66. The van der Waals surface area contributed by atoms with Crippen molar-refractivity contribution in [1.29, 1.82) is 0 Å². The van der Waals surface area contributed by atoms with E-state index in [1.165, 1.54) is 25.3 Å². The molecule has 2 heterocycles. The Kier molecular flexibility index (Phi) is 7.15. The van der Waals surface area contributed by atoms with Gasteiger partial charge in [-0.25, -0.2) is 9.59 Å². The molecule has 0 aliphatic carbocycles. The Hall–Kier alpha value is -4.86. The lowest BCUT2D eigenvalue weighted by molar-refractivity contribution is -0.123. The third-order valence-electron chi connectivity index (χ3n) is 5.22. The Labute approximate surface area is 206 Å². The number of benzene rings is 2. The number of urea groups is 1. The fraction of sp³-hybridized carbons (Fsp3) is 0.154. The number of nitrogens with zero attached hydrogens (tertiary/aromatic N) is 1. The summed E-state index contributed by atoms with van der Waals surface area (Å²) in [5, 5.41) is 5.28. The minimum Gasteiger partial charge on any atom is -0.484 e. The van der Waals surface area contributed by atoms with E-state index in [0.717, 1.165) is 10.5 Å². The number of amides is 4. The van der Waals surface area contributed by atoms with Crippen LogP contribution in [0.1, 0.15) is 27.4 Å². The van der Waals surface area contributed by atoms with Gasteiger partial charge in [0, 0.05) is 5.69 Å². The number of hydrogen-bond donors (Lipinski definition) is 2. The summed E-state index contributed by atoms with van der Waals surface area (Å²) in [7, 11) is 1.22. The van der Waals surface area contributed by atoms with Crippen LogP contribution in [0.4, 0.5) is 10.5 Å². The molecule has 0 spiro atoms. The number of furan rings is 1. The average Bonchev–Trinajstić information content (AvgIpc) is 3.45. The second-order valence-corrected chi connectivity index (χ2v) is 7.91. The number of anilines is 1. The van der Waals surface area contributed by atoms with Crippen LogP contribution in [0.15, 0.2) is 70.8 Å². The van der Waals surface area contributed by atoms with Crippen LogP contribution in [0, 0.1) is 6.92 Å². The molecule has 10 nitrogen and oxygen atoms in total. The molecule has 1 aliphatic rings. The highest BCUT2D eigenvalue weighted by Crippen LogP contribution is 2.20. The van der Waals surface area contributed by atoms with Gasteiger partial charge < -0.3 is 24.5 Å². The molecule has 1 aromatic heterocycles. The lowest BCUT2D eigenvalue weighted by Gasteiger charge is -2.09. The monoisotopic (exact) mass is 489 g/mol. The molecule has 10 heteroatoms. The lowest BCUT2D eigenvalue weighted by atomic mass is 10.2. The van der Waals surface area contributed by atoms with E-state index in [1.807, 2.05) is 31.2 Å². The molecule has 4 amide bonds. The predicted molar refractivity (Wildman–Crippen MR) is 129 cm³/mol. The Balaban J connectivity index is 1.33. The first-order valence-electron chi connectivity index (χ1n) is 10.9. The Bertz CT molecular complexity index is 1320. The van der Waals surface area contributed by atoms with Crippen molar-refractivity contribution in [1.82, 2.24) is 10.2 Å². The van der Waals surface area contributed by atoms with Gasteiger partial charge >= 0.3 is 12.0 Å². The van der Waals surface area contributed by atoms with Crippen molar-refractivity contribution >= 4 is 35.6 Å². The number of methoxy groups -OCH3 is 1. The van der Waals surface area contributed by atoms with E-state index in [-0.39, 0.29) is 36.3 Å². The van der Waals surface area contributed by atoms with Crippen molar-refractivity contribution < 1.29 is 33.1 Å². The Morgan fingerprint density at radius 3 is 2.44 bits per heavy atom. The zero-order valence-electron chi connectivity index (χ0n) is 19.6. The number of aryl methyl sites for hydroxylation is 1. The van der Waals surface area contributed by atoms with Gasteiger partial charge in [0.1, 0.15) is 17.2 Å². The molecule has 0 unspecified atom stereocenters. The maximum Gasteiger partial charge on any atom is 0.373 e. The van der Waals surface area contributed by atoms with Crippen molar-refractivity contribution in [2.24, 2.45) is 0 Å². The maximum atomic E-state index is 12.7. The summed E-state index contributed by atoms with van der Waals surface area (Å²) in [4.78, 5) is 49.6. The van der Waals surface area contributed by atoms with Crippen LogP contribution < -0.4 is 15.4 Å². The lowest BCUT2D eigenvalue weighted by Crippen LogP contribution is -2.30. The topological polar surface area (TPSA) is 127 Å². The first-order chi connectivity index (χ1) is 17.3. The van der Waals surface area contributed by atoms with Gasteiger partial charge in [-0.05, 0) is 55.0 Å². The fourth-order valence-corrected chi connectivity index (χ4v) is 3.35. The molecule has 2 N–H and O–H groups in total. The van der Waals surface area contributed by atoms with E-state index < -0.39 is 17.9 Å². The second kappa shape index (κ2) is 10.6. The van der Waals surface area contributed by atoms with Crippen LogP contribution in [-0.2, 0) is 20.9 Å². The second-order valence-electron chi connectivity index (χ2n) is 7.91. The quantitative estimate of drug-likeness (QED) is 0.282. The van der Waals surface area contributed by atoms with Crippen LogP contribution >= 0.6 is 0 Å². The van der Waals surface area contributed by atoms with Gasteiger partial charge in [0.2, 0.25) is 5.76 Å². The molecule has 36 heavy (non-hydrogen) atoms. The number of carbonyl (C=O) groups excluding carboxylic acids is 4. The number of nitrogens with one attached hydrogen (secondary N) is 2. The normalized spacial score (nSPS) is 14.1. The zero-order chi connectivity index (χ0) is 25.7. The average molecular weight is 489 g/mol. The van der Waals surface area contributed by atoms with Crippen LogP contribution in [0.2, 0.25) is 0 Å². The summed E-state index contributed by atoms with van der Waals surface area (Å²) in [5.74, 6) is -0.778. The molecule has 0 radical (unpaired) electrons. The van der Waals surface area contributed by atoms with Crippen LogP contribution in [0.25, 0.3) is 6.08 Å². The third-order valence-corrected chi connectivity index (χ3v) is 5.22. The third kappa shape index (κ3) is 5.79. The van der Waals surface area contributed by atoms with Gasteiger partial charge in [0.05, 0.1) is 13.7 Å². The Morgan fingerprint density at radius 1 is 1.03 bits per heavy atom. The fourth-order valence-electron chi connectivity index (χ4n) is 3.35. The molecule has 4 rings (SSSR count). The number of hydrogen-bond acceptors (Lipinski definition) is 7. The maximum absolute atomic E-state index is 12.7. The highest BCUT2D eigenvalue weighted by Gasteiger charge is 2.34. The van der Waals surface area contributed by atoms with Gasteiger partial charge in [-0.2, -0.15) is 0 Å². The summed E-state index contributed by atoms with van der Waals surface area (Å²) < 4.78 is 15.4. The molecule has 0 saturated carbocycles. The standard InChI is InChI=1S/C26H23N3O7/c1-16-3-7-18(8-4-16)27-23(30)15-35-19-9-5-17(6-10-19)13-21-24(31)29(26(33)28-21)14-20-11-12-22(36-20)25(32)34-2/h3-13H,14-15H2,1-2H3,(H,27,30)(H,28,33). The van der Waals surface area contributed by atoms with E-state index in [4.69, 9.17) is 9.15 Å². The van der Waals surface area contributed by atoms with Gasteiger partial charge in [-0.1, -0.05) is 29.8 Å². The summed E-state index contributed by atoms with van der Waals surface area (Å²) >= 11 is 0. The zero-order valence-corrected chi connectivity index (χ0v) is 19.6. The molecule has 0 bridgehead atoms. The molecule has 1 aliphatic heterocycles.